The van der Waals surface area contributed by atoms with E-state index in [4.69, 9.17) is 37.9 Å². The van der Waals surface area contributed by atoms with E-state index >= 15 is 0 Å². The quantitative estimate of drug-likeness (QED) is 0.378. The average Bonchev–Trinajstić information content (AvgIpc) is 3.10. The average molecular weight is 376 g/mol. The molecule has 0 atom stereocenters. The lowest BCUT2D eigenvalue weighted by atomic mass is 10.4. The molecule has 0 aliphatic heterocycles. The summed E-state index contributed by atoms with van der Waals surface area (Å²) in [5, 5.41) is 8.73. The smallest absolute Gasteiger partial charge is 0.371 e. The molecule has 0 radical (unpaired) electrons. The van der Waals surface area contributed by atoms with Crippen LogP contribution in [-0.2, 0) is 35.0 Å². The minimum atomic E-state index is -1.10. The summed E-state index contributed by atoms with van der Waals surface area (Å²) in [4.78, 5) is 10.7. The van der Waals surface area contributed by atoms with E-state index in [0.29, 0.717) is 71.8 Å². The number of carboxylic acid groups (broad SMARTS) is 1. The highest BCUT2D eigenvalue weighted by molar-refractivity contribution is 5.84. The third-order valence-corrected chi connectivity index (χ3v) is 3.04. The molecule has 1 N–H and O–H groups in total. The zero-order chi connectivity index (χ0) is 18.9. The number of methoxy groups -OCH3 is 1. The second-order valence-electron chi connectivity index (χ2n) is 5.07. The van der Waals surface area contributed by atoms with Gasteiger partial charge < -0.3 is 37.9 Å². The zero-order valence-electron chi connectivity index (χ0n) is 15.1. The maximum atomic E-state index is 10.7. The first-order valence-electron chi connectivity index (χ1n) is 8.43. The number of hydrogen-bond donors (Lipinski definition) is 1. The van der Waals surface area contributed by atoms with Crippen molar-refractivity contribution in [1.82, 2.24) is 0 Å². The molecular weight excluding hydrogens is 348 g/mol. The number of ether oxygens (including phenoxy) is 6. The van der Waals surface area contributed by atoms with Crippen LogP contribution in [0.15, 0.2) is 16.5 Å². The topological polar surface area (TPSA) is 106 Å². The predicted octanol–water partition coefficient (Wildman–Crippen LogP) is 1.21. The Kier molecular flexibility index (Phi) is 13.7. The van der Waals surface area contributed by atoms with Crippen LogP contribution in [0.1, 0.15) is 16.3 Å². The summed E-state index contributed by atoms with van der Waals surface area (Å²) in [7, 11) is 1.63. The molecule has 0 fully saturated rings. The molecule has 1 rings (SSSR count). The van der Waals surface area contributed by atoms with Gasteiger partial charge in [-0.15, -0.1) is 0 Å². The Morgan fingerprint density at radius 1 is 0.808 bits per heavy atom. The minimum absolute atomic E-state index is 0.0976. The van der Waals surface area contributed by atoms with E-state index in [2.05, 4.69) is 0 Å². The van der Waals surface area contributed by atoms with Crippen molar-refractivity contribution in [2.75, 3.05) is 73.2 Å². The maximum Gasteiger partial charge on any atom is 0.371 e. The van der Waals surface area contributed by atoms with Gasteiger partial charge in [0, 0.05) is 7.11 Å². The molecule has 9 nitrogen and oxygen atoms in total. The van der Waals surface area contributed by atoms with Gasteiger partial charge in [-0.3, -0.25) is 0 Å². The molecule has 0 aliphatic carbocycles. The summed E-state index contributed by atoms with van der Waals surface area (Å²) in [6, 6.07) is 2.97. The fourth-order valence-corrected chi connectivity index (χ4v) is 1.77. The monoisotopic (exact) mass is 376 g/mol. The molecule has 0 aromatic carbocycles. The molecular formula is C17H28O9. The van der Waals surface area contributed by atoms with E-state index in [1.165, 1.54) is 6.07 Å². The molecule has 1 aromatic heterocycles. The van der Waals surface area contributed by atoms with Crippen molar-refractivity contribution in [3.63, 3.8) is 0 Å². The number of carboxylic acids is 1. The second-order valence-corrected chi connectivity index (χ2v) is 5.07. The van der Waals surface area contributed by atoms with Crippen LogP contribution in [0.3, 0.4) is 0 Å². The lowest BCUT2D eigenvalue weighted by molar-refractivity contribution is -0.0166. The van der Waals surface area contributed by atoms with Gasteiger partial charge in [0.15, 0.2) is 0 Å². The second kappa shape index (κ2) is 15.7. The van der Waals surface area contributed by atoms with Crippen molar-refractivity contribution >= 4 is 5.97 Å². The lowest BCUT2D eigenvalue weighted by Gasteiger charge is -2.07. The van der Waals surface area contributed by atoms with E-state index in [1.54, 1.807) is 13.2 Å². The molecule has 0 bridgehead atoms. The number of hydrogen-bond acceptors (Lipinski definition) is 8. The van der Waals surface area contributed by atoms with Crippen molar-refractivity contribution in [2.24, 2.45) is 0 Å². The van der Waals surface area contributed by atoms with Gasteiger partial charge in [-0.05, 0) is 12.1 Å². The van der Waals surface area contributed by atoms with Crippen LogP contribution in [0.4, 0.5) is 0 Å². The third-order valence-electron chi connectivity index (χ3n) is 3.04. The summed E-state index contributed by atoms with van der Waals surface area (Å²) in [5.74, 6) is -0.727. The lowest BCUT2D eigenvalue weighted by Crippen LogP contribution is -2.13. The predicted molar refractivity (Wildman–Crippen MR) is 90.5 cm³/mol. The van der Waals surface area contributed by atoms with Crippen LogP contribution in [0.2, 0.25) is 0 Å². The van der Waals surface area contributed by atoms with E-state index < -0.39 is 5.97 Å². The largest absolute Gasteiger partial charge is 0.475 e. The number of carbonyl (C=O) groups is 1. The minimum Gasteiger partial charge on any atom is -0.475 e. The Hall–Kier alpha value is -1.49. The van der Waals surface area contributed by atoms with Crippen LogP contribution >= 0.6 is 0 Å². The van der Waals surface area contributed by atoms with E-state index in [0.717, 1.165) is 0 Å². The van der Waals surface area contributed by atoms with Crippen LogP contribution < -0.4 is 0 Å². The van der Waals surface area contributed by atoms with Gasteiger partial charge in [0.2, 0.25) is 5.76 Å². The van der Waals surface area contributed by atoms with Gasteiger partial charge in [0.05, 0.1) is 66.1 Å². The standard InChI is InChI=1S/C17H28O9/c1-20-4-5-21-6-7-22-8-9-23-10-11-24-12-13-25-14-15-2-3-16(26-15)17(18)19/h2-3H,4-14H2,1H3,(H,18,19). The number of rotatable bonds is 18. The van der Waals surface area contributed by atoms with Gasteiger partial charge in [-0.1, -0.05) is 0 Å². The van der Waals surface area contributed by atoms with Crippen LogP contribution in [0.25, 0.3) is 0 Å². The molecule has 150 valence electrons. The van der Waals surface area contributed by atoms with Gasteiger partial charge in [0.1, 0.15) is 12.4 Å². The van der Waals surface area contributed by atoms with Gasteiger partial charge in [0.25, 0.3) is 0 Å². The number of aromatic carboxylic acids is 1. The molecule has 0 amide bonds. The van der Waals surface area contributed by atoms with Crippen molar-refractivity contribution < 1.29 is 42.7 Å². The van der Waals surface area contributed by atoms with Crippen molar-refractivity contribution in [3.8, 4) is 0 Å². The van der Waals surface area contributed by atoms with Gasteiger partial charge in [-0.2, -0.15) is 0 Å². The van der Waals surface area contributed by atoms with Crippen molar-refractivity contribution in [3.05, 3.63) is 23.7 Å². The number of furan rings is 1. The van der Waals surface area contributed by atoms with Crippen LogP contribution in [-0.4, -0.2) is 84.3 Å². The Morgan fingerprint density at radius 3 is 1.69 bits per heavy atom. The first kappa shape index (κ1) is 22.6. The van der Waals surface area contributed by atoms with E-state index in [1.807, 2.05) is 0 Å². The summed E-state index contributed by atoms with van der Waals surface area (Å²) in [5.41, 5.74) is 0. The maximum absolute atomic E-state index is 10.7. The molecule has 1 heterocycles. The van der Waals surface area contributed by atoms with Crippen molar-refractivity contribution in [2.45, 2.75) is 6.61 Å². The summed E-state index contributed by atoms with van der Waals surface area (Å²) in [6.45, 7) is 5.21. The Balaban J connectivity index is 1.77. The highest BCUT2D eigenvalue weighted by Crippen LogP contribution is 2.08. The highest BCUT2D eigenvalue weighted by Gasteiger charge is 2.08. The zero-order valence-corrected chi connectivity index (χ0v) is 15.1. The molecule has 0 aliphatic rings. The molecule has 0 saturated carbocycles. The SMILES string of the molecule is COCCOCCOCCOCCOCCOCc1ccc(C(=O)O)o1. The van der Waals surface area contributed by atoms with E-state index in [9.17, 15) is 4.79 Å². The first-order chi connectivity index (χ1) is 12.7. The Bertz CT molecular complexity index is 461. The molecule has 1 aromatic rings. The van der Waals surface area contributed by atoms with Gasteiger partial charge >= 0.3 is 5.97 Å². The fourth-order valence-electron chi connectivity index (χ4n) is 1.77. The molecule has 0 saturated heterocycles. The van der Waals surface area contributed by atoms with E-state index in [-0.39, 0.29) is 12.4 Å². The molecule has 26 heavy (non-hydrogen) atoms. The van der Waals surface area contributed by atoms with Crippen LogP contribution in [0, 0.1) is 0 Å². The third kappa shape index (κ3) is 12.0. The van der Waals surface area contributed by atoms with Gasteiger partial charge in [-0.25, -0.2) is 4.79 Å². The molecule has 0 spiro atoms. The fraction of sp³-hybridized carbons (Fsp3) is 0.706. The highest BCUT2D eigenvalue weighted by atomic mass is 16.6. The summed E-state index contributed by atoms with van der Waals surface area (Å²) >= 11 is 0. The van der Waals surface area contributed by atoms with Crippen LogP contribution in [0.5, 0.6) is 0 Å². The Morgan fingerprint density at radius 2 is 1.27 bits per heavy atom. The normalized spacial score (nSPS) is 11.1. The summed E-state index contributed by atoms with van der Waals surface area (Å²) in [6.07, 6.45) is 0. The first-order valence-corrected chi connectivity index (χ1v) is 8.43. The molecule has 0 unspecified atom stereocenters. The Labute approximate surface area is 153 Å². The van der Waals surface area contributed by atoms with Crippen molar-refractivity contribution in [1.29, 1.82) is 0 Å². The molecule has 9 heteroatoms. The summed E-state index contributed by atoms with van der Waals surface area (Å²) < 4.78 is 36.5.